The lowest BCUT2D eigenvalue weighted by molar-refractivity contribution is -0.134. The predicted octanol–water partition coefficient (Wildman–Crippen LogP) is 3.05. The normalized spacial score (nSPS) is 10.5. The Labute approximate surface area is 121 Å². The zero-order chi connectivity index (χ0) is 14.1. The van der Waals surface area contributed by atoms with E-state index in [0.717, 1.165) is 17.3 Å². The third kappa shape index (κ3) is 5.34. The third-order valence-electron chi connectivity index (χ3n) is 2.36. The number of rotatable bonds is 7. The van der Waals surface area contributed by atoms with Crippen molar-refractivity contribution in [1.29, 1.82) is 0 Å². The number of carbonyl (C=O) groups is 1. The van der Waals surface area contributed by atoms with Crippen molar-refractivity contribution in [2.45, 2.75) is 6.42 Å². The lowest BCUT2D eigenvalue weighted by atomic mass is 10.1. The van der Waals surface area contributed by atoms with Crippen molar-refractivity contribution in [3.05, 3.63) is 29.8 Å². The second-order valence-electron chi connectivity index (χ2n) is 3.65. The Hall–Kier alpha value is -1.49. The summed E-state index contributed by atoms with van der Waals surface area (Å²) in [6.45, 7) is 0.595. The van der Waals surface area contributed by atoms with Crippen molar-refractivity contribution >= 4 is 28.0 Å². The van der Waals surface area contributed by atoms with Crippen LogP contribution in [0.5, 0.6) is 11.5 Å². The van der Waals surface area contributed by atoms with Crippen LogP contribution in [0.25, 0.3) is 6.08 Å². The van der Waals surface area contributed by atoms with E-state index in [1.54, 1.807) is 19.3 Å². The number of benzene rings is 1. The third-order valence-corrected chi connectivity index (χ3v) is 2.92. The van der Waals surface area contributed by atoms with Crippen LogP contribution in [0.3, 0.4) is 0 Å². The van der Waals surface area contributed by atoms with Crippen LogP contribution in [-0.2, 0) is 9.53 Å². The first-order valence-corrected chi connectivity index (χ1v) is 6.96. The first-order chi connectivity index (χ1) is 9.21. The monoisotopic (exact) mass is 328 g/mol. The van der Waals surface area contributed by atoms with Crippen LogP contribution in [-0.4, -0.2) is 32.1 Å². The minimum Gasteiger partial charge on any atom is -0.497 e. The van der Waals surface area contributed by atoms with Gasteiger partial charge in [-0.15, -0.1) is 0 Å². The quantitative estimate of drug-likeness (QED) is 0.334. The minimum absolute atomic E-state index is 0.401. The fraction of sp³-hybridized carbons (Fsp3) is 0.357. The molecule has 104 valence electrons. The Balaban J connectivity index is 2.88. The summed E-state index contributed by atoms with van der Waals surface area (Å²) >= 11 is 3.35. The zero-order valence-electron chi connectivity index (χ0n) is 11.0. The van der Waals surface area contributed by atoms with Crippen molar-refractivity contribution in [2.75, 3.05) is 26.2 Å². The second kappa shape index (κ2) is 8.58. The molecule has 0 bridgehead atoms. The summed E-state index contributed by atoms with van der Waals surface area (Å²) in [7, 11) is 2.94. The minimum atomic E-state index is -0.401. The number of halogens is 1. The Kier molecular flexibility index (Phi) is 7.03. The van der Waals surface area contributed by atoms with Gasteiger partial charge in [0, 0.05) is 23.0 Å². The van der Waals surface area contributed by atoms with E-state index in [4.69, 9.17) is 9.47 Å². The zero-order valence-corrected chi connectivity index (χ0v) is 12.6. The molecule has 0 saturated heterocycles. The molecular weight excluding hydrogens is 312 g/mol. The van der Waals surface area contributed by atoms with Gasteiger partial charge in [-0.25, -0.2) is 4.79 Å². The highest BCUT2D eigenvalue weighted by Crippen LogP contribution is 2.26. The first kappa shape index (κ1) is 15.6. The summed E-state index contributed by atoms with van der Waals surface area (Å²) in [5.74, 6) is 0.992. The maximum Gasteiger partial charge on any atom is 0.330 e. The van der Waals surface area contributed by atoms with E-state index in [9.17, 15) is 4.79 Å². The van der Waals surface area contributed by atoms with Crippen LogP contribution < -0.4 is 9.47 Å². The molecule has 0 aliphatic carbocycles. The van der Waals surface area contributed by atoms with Crippen LogP contribution in [0.4, 0.5) is 0 Å². The maximum absolute atomic E-state index is 11.1. The van der Waals surface area contributed by atoms with Crippen LogP contribution in [0.1, 0.15) is 12.0 Å². The molecule has 1 aromatic rings. The lowest BCUT2D eigenvalue weighted by Crippen LogP contribution is -2.00. The molecule has 0 aromatic heterocycles. The van der Waals surface area contributed by atoms with Gasteiger partial charge in [0.05, 0.1) is 20.8 Å². The largest absolute Gasteiger partial charge is 0.497 e. The SMILES string of the molecule is COC(=O)/C=C/c1ccc(OC)cc1OCCCBr. The molecule has 0 heterocycles. The molecule has 0 amide bonds. The highest BCUT2D eigenvalue weighted by molar-refractivity contribution is 9.09. The van der Waals surface area contributed by atoms with Crippen molar-refractivity contribution in [3.63, 3.8) is 0 Å². The number of alkyl halides is 1. The van der Waals surface area contributed by atoms with Gasteiger partial charge in [0.15, 0.2) is 0 Å². The van der Waals surface area contributed by atoms with Crippen molar-refractivity contribution in [3.8, 4) is 11.5 Å². The average Bonchev–Trinajstić information content (AvgIpc) is 2.45. The molecule has 5 heteroatoms. The highest BCUT2D eigenvalue weighted by Gasteiger charge is 2.04. The summed E-state index contributed by atoms with van der Waals surface area (Å²) < 4.78 is 15.4. The predicted molar refractivity (Wildman–Crippen MR) is 78.0 cm³/mol. The van der Waals surface area contributed by atoms with Crippen molar-refractivity contribution in [1.82, 2.24) is 0 Å². The van der Waals surface area contributed by atoms with Gasteiger partial charge in [-0.3, -0.25) is 0 Å². The number of hydrogen-bond donors (Lipinski definition) is 0. The molecule has 0 spiro atoms. The van der Waals surface area contributed by atoms with Crippen LogP contribution in [0.2, 0.25) is 0 Å². The summed E-state index contributed by atoms with van der Waals surface area (Å²) in [5.41, 5.74) is 0.806. The van der Waals surface area contributed by atoms with Gasteiger partial charge in [-0.2, -0.15) is 0 Å². The lowest BCUT2D eigenvalue weighted by Gasteiger charge is -2.10. The molecule has 0 atom stereocenters. The summed E-state index contributed by atoms with van der Waals surface area (Å²) in [6.07, 6.45) is 3.92. The molecule has 19 heavy (non-hydrogen) atoms. The van der Waals surface area contributed by atoms with Crippen LogP contribution in [0, 0.1) is 0 Å². The molecular formula is C14H17BrO4. The summed E-state index contributed by atoms with van der Waals surface area (Å²) in [6, 6.07) is 5.45. The standard InChI is InChI=1S/C14H17BrO4/c1-17-12-6-4-11(5-7-14(16)18-2)13(10-12)19-9-3-8-15/h4-7,10H,3,8-9H2,1-2H3/b7-5+. The van der Waals surface area contributed by atoms with E-state index in [1.807, 2.05) is 12.1 Å². The molecule has 0 saturated carbocycles. The van der Waals surface area contributed by atoms with E-state index >= 15 is 0 Å². The van der Waals surface area contributed by atoms with E-state index in [2.05, 4.69) is 20.7 Å². The van der Waals surface area contributed by atoms with Gasteiger partial charge in [0.1, 0.15) is 11.5 Å². The molecule has 0 unspecified atom stereocenters. The second-order valence-corrected chi connectivity index (χ2v) is 4.44. The maximum atomic E-state index is 11.1. The average molecular weight is 329 g/mol. The smallest absolute Gasteiger partial charge is 0.330 e. The summed E-state index contributed by atoms with van der Waals surface area (Å²) in [4.78, 5) is 11.1. The number of ether oxygens (including phenoxy) is 3. The number of carbonyl (C=O) groups excluding carboxylic acids is 1. The Morgan fingerprint density at radius 3 is 2.79 bits per heavy atom. The van der Waals surface area contributed by atoms with E-state index < -0.39 is 5.97 Å². The molecule has 0 aliphatic rings. The fourth-order valence-electron chi connectivity index (χ4n) is 1.37. The number of hydrogen-bond acceptors (Lipinski definition) is 4. The Morgan fingerprint density at radius 1 is 1.37 bits per heavy atom. The van der Waals surface area contributed by atoms with Gasteiger partial charge in [-0.1, -0.05) is 15.9 Å². The fourth-order valence-corrected chi connectivity index (χ4v) is 1.60. The molecule has 0 radical (unpaired) electrons. The van der Waals surface area contributed by atoms with Gasteiger partial charge >= 0.3 is 5.97 Å². The Bertz CT molecular complexity index is 443. The highest BCUT2D eigenvalue weighted by atomic mass is 79.9. The van der Waals surface area contributed by atoms with E-state index in [1.165, 1.54) is 13.2 Å². The van der Waals surface area contributed by atoms with Crippen molar-refractivity contribution in [2.24, 2.45) is 0 Å². The number of methoxy groups -OCH3 is 2. The first-order valence-electron chi connectivity index (χ1n) is 5.84. The van der Waals surface area contributed by atoms with Gasteiger partial charge < -0.3 is 14.2 Å². The number of esters is 1. The molecule has 0 fully saturated rings. The topological polar surface area (TPSA) is 44.8 Å². The van der Waals surface area contributed by atoms with Crippen LogP contribution in [0.15, 0.2) is 24.3 Å². The van der Waals surface area contributed by atoms with Gasteiger partial charge in [0.2, 0.25) is 0 Å². The molecule has 0 aliphatic heterocycles. The van der Waals surface area contributed by atoms with E-state index in [-0.39, 0.29) is 0 Å². The molecule has 4 nitrogen and oxygen atoms in total. The van der Waals surface area contributed by atoms with Crippen LogP contribution >= 0.6 is 15.9 Å². The van der Waals surface area contributed by atoms with Gasteiger partial charge in [0.25, 0.3) is 0 Å². The molecule has 0 N–H and O–H groups in total. The van der Waals surface area contributed by atoms with Crippen molar-refractivity contribution < 1.29 is 19.0 Å². The van der Waals surface area contributed by atoms with E-state index in [0.29, 0.717) is 18.1 Å². The Morgan fingerprint density at radius 2 is 2.16 bits per heavy atom. The molecule has 1 aromatic carbocycles. The molecule has 1 rings (SSSR count). The summed E-state index contributed by atoms with van der Waals surface area (Å²) in [5, 5.41) is 0.879. The van der Waals surface area contributed by atoms with Gasteiger partial charge in [-0.05, 0) is 24.6 Å².